The zero-order valence-electron chi connectivity index (χ0n) is 21.5. The minimum atomic E-state index is -0.333. The number of para-hydroxylation sites is 2. The zero-order chi connectivity index (χ0) is 27.4. The average molecular weight is 563 g/mol. The zero-order valence-corrected chi connectivity index (χ0v) is 23.0. The Balaban J connectivity index is 1.38. The van der Waals surface area contributed by atoms with Crippen LogP contribution in [0, 0.1) is 6.92 Å². The van der Waals surface area contributed by atoms with Gasteiger partial charge in [0.2, 0.25) is 0 Å². The van der Waals surface area contributed by atoms with Gasteiger partial charge in [-0.3, -0.25) is 9.59 Å². The number of amides is 1. The van der Waals surface area contributed by atoms with Gasteiger partial charge >= 0.3 is 0 Å². The van der Waals surface area contributed by atoms with E-state index in [2.05, 4.69) is 10.4 Å². The maximum absolute atomic E-state index is 13.4. The second-order valence-corrected chi connectivity index (χ2v) is 10.5. The lowest BCUT2D eigenvalue weighted by Crippen LogP contribution is -2.25. The van der Waals surface area contributed by atoms with Crippen molar-refractivity contribution >= 4 is 51.9 Å². The Labute approximate surface area is 236 Å². The van der Waals surface area contributed by atoms with Crippen molar-refractivity contribution in [3.63, 3.8) is 0 Å². The SMILES string of the molecule is Cc1ccccc1NC(=O)COc1c(Cl)cc(C=Nn2c(C3CCCCC3)nc3ccccc3c2=O)cc1Cl. The molecule has 0 bridgehead atoms. The van der Waals surface area contributed by atoms with E-state index in [1.807, 2.05) is 49.4 Å². The van der Waals surface area contributed by atoms with E-state index in [0.717, 1.165) is 31.2 Å². The van der Waals surface area contributed by atoms with Crippen molar-refractivity contribution in [2.45, 2.75) is 44.9 Å². The Morgan fingerprint density at radius 1 is 1.08 bits per heavy atom. The Hall–Kier alpha value is -3.68. The minimum absolute atomic E-state index is 0.168. The summed E-state index contributed by atoms with van der Waals surface area (Å²) in [4.78, 5) is 30.6. The van der Waals surface area contributed by atoms with Crippen LogP contribution in [0.2, 0.25) is 10.0 Å². The van der Waals surface area contributed by atoms with E-state index in [9.17, 15) is 9.59 Å². The lowest BCUT2D eigenvalue weighted by atomic mass is 9.88. The van der Waals surface area contributed by atoms with E-state index in [-0.39, 0.29) is 39.8 Å². The van der Waals surface area contributed by atoms with Crippen LogP contribution in [0.4, 0.5) is 5.69 Å². The van der Waals surface area contributed by atoms with Crippen molar-refractivity contribution < 1.29 is 9.53 Å². The molecular weight excluding hydrogens is 535 g/mol. The van der Waals surface area contributed by atoms with Crippen LogP contribution in [-0.2, 0) is 4.79 Å². The molecule has 0 radical (unpaired) electrons. The number of ether oxygens (including phenoxy) is 1. The van der Waals surface area contributed by atoms with E-state index in [1.165, 1.54) is 17.3 Å². The minimum Gasteiger partial charge on any atom is -0.481 e. The third kappa shape index (κ3) is 6.15. The highest BCUT2D eigenvalue weighted by Crippen LogP contribution is 2.34. The molecule has 1 heterocycles. The van der Waals surface area contributed by atoms with Crippen LogP contribution in [-0.4, -0.2) is 28.4 Å². The standard InChI is InChI=1S/C30H28Cl2N4O3/c1-19-9-5-7-13-25(19)34-27(37)18-39-28-23(31)15-20(16-24(28)32)17-33-36-29(21-10-3-2-4-11-21)35-26-14-8-6-12-22(26)30(36)38/h5-9,12-17,21H,2-4,10-11,18H2,1H3,(H,34,37). The second-order valence-electron chi connectivity index (χ2n) is 9.65. The molecule has 3 aromatic carbocycles. The van der Waals surface area contributed by atoms with Crippen molar-refractivity contribution in [3.05, 3.63) is 98.0 Å². The van der Waals surface area contributed by atoms with Gasteiger partial charge in [0.15, 0.2) is 12.4 Å². The van der Waals surface area contributed by atoms with Crippen LogP contribution in [0.25, 0.3) is 10.9 Å². The summed E-state index contributed by atoms with van der Waals surface area (Å²) >= 11 is 12.9. The van der Waals surface area contributed by atoms with Crippen LogP contribution in [0.5, 0.6) is 5.75 Å². The molecule has 0 atom stereocenters. The van der Waals surface area contributed by atoms with E-state index < -0.39 is 0 Å². The quantitative estimate of drug-likeness (QED) is 0.247. The van der Waals surface area contributed by atoms with Crippen molar-refractivity contribution in [2.24, 2.45) is 5.10 Å². The molecule has 0 aliphatic heterocycles. The number of hydrogen-bond donors (Lipinski definition) is 1. The van der Waals surface area contributed by atoms with Crippen LogP contribution >= 0.6 is 23.2 Å². The van der Waals surface area contributed by atoms with E-state index in [4.69, 9.17) is 32.9 Å². The number of carbonyl (C=O) groups excluding carboxylic acids is 1. The predicted molar refractivity (Wildman–Crippen MR) is 157 cm³/mol. The number of carbonyl (C=O) groups is 1. The molecule has 39 heavy (non-hydrogen) atoms. The third-order valence-electron chi connectivity index (χ3n) is 6.86. The summed E-state index contributed by atoms with van der Waals surface area (Å²) in [5, 5.41) is 8.31. The van der Waals surface area contributed by atoms with Gasteiger partial charge in [-0.1, -0.05) is 72.8 Å². The number of aryl methyl sites for hydroxylation is 1. The van der Waals surface area contributed by atoms with Crippen molar-refractivity contribution in [2.75, 3.05) is 11.9 Å². The van der Waals surface area contributed by atoms with Gasteiger partial charge < -0.3 is 10.1 Å². The number of anilines is 1. The van der Waals surface area contributed by atoms with E-state index in [0.29, 0.717) is 28.0 Å². The normalized spacial score (nSPS) is 14.1. The molecule has 1 fully saturated rings. The van der Waals surface area contributed by atoms with Crippen molar-refractivity contribution in [3.8, 4) is 5.75 Å². The number of benzene rings is 3. The number of aromatic nitrogens is 2. The summed E-state index contributed by atoms with van der Waals surface area (Å²) in [5.41, 5.74) is 2.69. The molecule has 7 nitrogen and oxygen atoms in total. The lowest BCUT2D eigenvalue weighted by molar-refractivity contribution is -0.118. The molecule has 0 unspecified atom stereocenters. The van der Waals surface area contributed by atoms with Gasteiger partial charge in [0.25, 0.3) is 11.5 Å². The van der Waals surface area contributed by atoms with Crippen LogP contribution < -0.4 is 15.6 Å². The van der Waals surface area contributed by atoms with Gasteiger partial charge in [-0.15, -0.1) is 0 Å². The first-order chi connectivity index (χ1) is 18.9. The molecule has 5 rings (SSSR count). The summed E-state index contributed by atoms with van der Waals surface area (Å²) in [6.07, 6.45) is 6.88. The molecular formula is C30H28Cl2N4O3. The molecule has 0 saturated heterocycles. The molecule has 1 aliphatic rings. The number of rotatable bonds is 7. The summed E-state index contributed by atoms with van der Waals surface area (Å²) < 4.78 is 7.04. The molecule has 200 valence electrons. The lowest BCUT2D eigenvalue weighted by Gasteiger charge is -2.22. The second kappa shape index (κ2) is 12.0. The fraction of sp³-hybridized carbons (Fsp3) is 0.267. The monoisotopic (exact) mass is 562 g/mol. The van der Waals surface area contributed by atoms with Crippen LogP contribution in [0.1, 0.15) is 55.0 Å². The Bertz CT molecular complexity index is 1590. The highest BCUT2D eigenvalue weighted by Gasteiger charge is 2.22. The Kier molecular flexibility index (Phi) is 8.29. The largest absolute Gasteiger partial charge is 0.481 e. The van der Waals surface area contributed by atoms with Gasteiger partial charge in [0.05, 0.1) is 27.2 Å². The molecule has 1 aromatic heterocycles. The fourth-order valence-electron chi connectivity index (χ4n) is 4.83. The van der Waals surface area contributed by atoms with Gasteiger partial charge in [0, 0.05) is 11.6 Å². The molecule has 4 aromatic rings. The fourth-order valence-corrected chi connectivity index (χ4v) is 5.44. The number of hydrogen-bond acceptors (Lipinski definition) is 5. The van der Waals surface area contributed by atoms with E-state index >= 15 is 0 Å². The van der Waals surface area contributed by atoms with Crippen LogP contribution in [0.3, 0.4) is 0 Å². The predicted octanol–water partition coefficient (Wildman–Crippen LogP) is 6.96. The van der Waals surface area contributed by atoms with E-state index in [1.54, 1.807) is 18.2 Å². The number of halogens is 2. The first-order valence-electron chi connectivity index (χ1n) is 12.9. The maximum Gasteiger partial charge on any atom is 0.282 e. The van der Waals surface area contributed by atoms with Crippen molar-refractivity contribution in [1.82, 2.24) is 9.66 Å². The first-order valence-corrected chi connectivity index (χ1v) is 13.7. The summed E-state index contributed by atoms with van der Waals surface area (Å²) in [7, 11) is 0. The van der Waals surface area contributed by atoms with Crippen LogP contribution in [0.15, 0.2) is 70.6 Å². The smallest absolute Gasteiger partial charge is 0.282 e. The van der Waals surface area contributed by atoms with Gasteiger partial charge in [-0.2, -0.15) is 9.78 Å². The molecule has 9 heteroatoms. The molecule has 1 N–H and O–H groups in total. The molecule has 0 spiro atoms. The molecule has 1 aliphatic carbocycles. The number of nitrogens with zero attached hydrogens (tertiary/aromatic N) is 3. The average Bonchev–Trinajstić information content (AvgIpc) is 2.94. The summed E-state index contributed by atoms with van der Waals surface area (Å²) in [6, 6.07) is 18.0. The number of fused-ring (bicyclic) bond motifs is 1. The van der Waals surface area contributed by atoms with Gasteiger partial charge in [-0.25, -0.2) is 4.98 Å². The topological polar surface area (TPSA) is 85.6 Å². The van der Waals surface area contributed by atoms with Gasteiger partial charge in [0.1, 0.15) is 5.82 Å². The first kappa shape index (κ1) is 26.9. The summed E-state index contributed by atoms with van der Waals surface area (Å²) in [6.45, 7) is 1.65. The van der Waals surface area contributed by atoms with Gasteiger partial charge in [-0.05, 0) is 61.2 Å². The molecule has 1 saturated carbocycles. The summed E-state index contributed by atoms with van der Waals surface area (Å²) in [5.74, 6) is 0.705. The number of nitrogens with one attached hydrogen (secondary N) is 1. The highest BCUT2D eigenvalue weighted by atomic mass is 35.5. The third-order valence-corrected chi connectivity index (χ3v) is 7.42. The Morgan fingerprint density at radius 2 is 1.77 bits per heavy atom. The maximum atomic E-state index is 13.4. The van der Waals surface area contributed by atoms with Crippen molar-refractivity contribution in [1.29, 1.82) is 0 Å². The highest BCUT2D eigenvalue weighted by molar-refractivity contribution is 6.37. The Morgan fingerprint density at radius 3 is 2.51 bits per heavy atom. The molecule has 1 amide bonds.